The monoisotopic (exact) mass is 334 g/mol. The Labute approximate surface area is 138 Å². The van der Waals surface area contributed by atoms with Crippen molar-refractivity contribution in [2.45, 2.75) is 17.7 Å². The van der Waals surface area contributed by atoms with Crippen LogP contribution in [0.1, 0.15) is 11.3 Å². The van der Waals surface area contributed by atoms with Crippen LogP contribution in [0.4, 0.5) is 0 Å². The van der Waals surface area contributed by atoms with E-state index in [2.05, 4.69) is 16.4 Å². The highest BCUT2D eigenvalue weighted by atomic mass is 32.2. The van der Waals surface area contributed by atoms with E-state index in [9.17, 15) is 4.79 Å². The van der Waals surface area contributed by atoms with E-state index in [4.69, 9.17) is 4.74 Å². The number of aryl methyl sites for hydroxylation is 1. The molecular weight excluding hydrogens is 316 g/mol. The number of hydrogen-bond acceptors (Lipinski definition) is 5. The molecule has 0 aliphatic carbocycles. The normalized spacial score (nSPS) is 16.7. The van der Waals surface area contributed by atoms with Crippen LogP contribution in [0.3, 0.4) is 0 Å². The molecule has 0 fully saturated rings. The van der Waals surface area contributed by atoms with E-state index in [1.807, 2.05) is 30.5 Å². The minimum atomic E-state index is 0.0525. The number of amides is 1. The SMILES string of the molecule is Cc1csc(SCC(=O)NC[C@H]2COc3ccccc3C2)n1. The first-order valence-corrected chi connectivity index (χ1v) is 9.09. The van der Waals surface area contributed by atoms with Crippen molar-refractivity contribution in [3.05, 3.63) is 40.9 Å². The zero-order chi connectivity index (χ0) is 15.4. The lowest BCUT2D eigenvalue weighted by atomic mass is 9.97. The van der Waals surface area contributed by atoms with E-state index in [0.29, 0.717) is 24.8 Å². The first-order valence-electron chi connectivity index (χ1n) is 7.23. The Hall–Kier alpha value is -1.53. The van der Waals surface area contributed by atoms with Crippen molar-refractivity contribution in [2.24, 2.45) is 5.92 Å². The van der Waals surface area contributed by atoms with Crippen LogP contribution >= 0.6 is 23.1 Å². The molecule has 1 atom stereocenters. The average Bonchev–Trinajstić information content (AvgIpc) is 2.96. The molecule has 1 aromatic carbocycles. The largest absolute Gasteiger partial charge is 0.493 e. The molecule has 1 aliphatic heterocycles. The number of fused-ring (bicyclic) bond motifs is 1. The summed E-state index contributed by atoms with van der Waals surface area (Å²) in [6, 6.07) is 8.09. The average molecular weight is 334 g/mol. The van der Waals surface area contributed by atoms with E-state index in [1.54, 1.807) is 11.3 Å². The summed E-state index contributed by atoms with van der Waals surface area (Å²) in [5.41, 5.74) is 2.23. The van der Waals surface area contributed by atoms with E-state index >= 15 is 0 Å². The summed E-state index contributed by atoms with van der Waals surface area (Å²) in [4.78, 5) is 16.3. The Balaban J connectivity index is 1.42. The number of ether oxygens (including phenoxy) is 1. The summed E-state index contributed by atoms with van der Waals surface area (Å²) in [5.74, 6) is 1.78. The number of benzene rings is 1. The van der Waals surface area contributed by atoms with E-state index in [1.165, 1.54) is 17.3 Å². The van der Waals surface area contributed by atoms with Gasteiger partial charge < -0.3 is 10.1 Å². The number of carbonyl (C=O) groups excluding carboxylic acids is 1. The van der Waals surface area contributed by atoms with Gasteiger partial charge in [0, 0.05) is 23.5 Å². The Kier molecular flexibility index (Phi) is 5.00. The maximum absolute atomic E-state index is 11.9. The number of aromatic nitrogens is 1. The van der Waals surface area contributed by atoms with Gasteiger partial charge in [-0.3, -0.25) is 4.79 Å². The molecule has 0 bridgehead atoms. The fourth-order valence-electron chi connectivity index (χ4n) is 2.36. The van der Waals surface area contributed by atoms with E-state index in [0.717, 1.165) is 22.2 Å². The quantitative estimate of drug-likeness (QED) is 0.854. The van der Waals surface area contributed by atoms with Crippen molar-refractivity contribution < 1.29 is 9.53 Å². The predicted octanol–water partition coefficient (Wildman–Crippen LogP) is 2.91. The lowest BCUT2D eigenvalue weighted by Gasteiger charge is -2.25. The molecule has 6 heteroatoms. The molecule has 0 radical (unpaired) electrons. The van der Waals surface area contributed by atoms with Gasteiger partial charge in [0.05, 0.1) is 12.4 Å². The summed E-state index contributed by atoms with van der Waals surface area (Å²) >= 11 is 3.07. The van der Waals surface area contributed by atoms with Crippen molar-refractivity contribution in [1.82, 2.24) is 10.3 Å². The molecule has 1 aromatic heterocycles. The van der Waals surface area contributed by atoms with Gasteiger partial charge in [-0.15, -0.1) is 11.3 Å². The molecule has 1 aliphatic rings. The minimum Gasteiger partial charge on any atom is -0.493 e. The van der Waals surface area contributed by atoms with Crippen LogP contribution in [-0.2, 0) is 11.2 Å². The number of para-hydroxylation sites is 1. The van der Waals surface area contributed by atoms with Crippen molar-refractivity contribution in [1.29, 1.82) is 0 Å². The fourth-order valence-corrected chi connectivity index (χ4v) is 4.04. The van der Waals surface area contributed by atoms with Crippen LogP contribution in [0.5, 0.6) is 5.75 Å². The molecule has 0 spiro atoms. The smallest absolute Gasteiger partial charge is 0.230 e. The first-order chi connectivity index (χ1) is 10.7. The van der Waals surface area contributed by atoms with Crippen molar-refractivity contribution in [3.8, 4) is 5.75 Å². The summed E-state index contributed by atoms with van der Waals surface area (Å²) in [6.45, 7) is 3.28. The lowest BCUT2D eigenvalue weighted by molar-refractivity contribution is -0.118. The van der Waals surface area contributed by atoms with E-state index < -0.39 is 0 Å². The highest BCUT2D eigenvalue weighted by Crippen LogP contribution is 2.26. The van der Waals surface area contributed by atoms with Gasteiger partial charge in [0.15, 0.2) is 4.34 Å². The zero-order valence-corrected chi connectivity index (χ0v) is 14.0. The van der Waals surface area contributed by atoms with E-state index in [-0.39, 0.29) is 5.91 Å². The van der Waals surface area contributed by atoms with Crippen LogP contribution < -0.4 is 10.1 Å². The number of thioether (sulfide) groups is 1. The van der Waals surface area contributed by atoms with Gasteiger partial charge in [-0.1, -0.05) is 30.0 Å². The van der Waals surface area contributed by atoms with Crippen LogP contribution in [0.25, 0.3) is 0 Å². The molecule has 0 unspecified atom stereocenters. The molecule has 1 amide bonds. The molecule has 0 saturated carbocycles. The molecule has 3 rings (SSSR count). The third kappa shape index (κ3) is 4.01. The minimum absolute atomic E-state index is 0.0525. The standard InChI is InChI=1S/C16H18N2O2S2/c1-11-9-21-16(18-11)22-10-15(19)17-7-12-6-13-4-2-3-5-14(13)20-8-12/h2-5,9,12H,6-8,10H2,1H3,(H,17,19)/t12-/m0/s1. The van der Waals surface area contributed by atoms with Crippen LogP contribution in [-0.4, -0.2) is 29.8 Å². The first kappa shape index (κ1) is 15.4. The van der Waals surface area contributed by atoms with Gasteiger partial charge >= 0.3 is 0 Å². The second-order valence-corrected chi connectivity index (χ2v) is 7.42. The lowest BCUT2D eigenvalue weighted by Crippen LogP contribution is -2.35. The van der Waals surface area contributed by atoms with Crippen molar-refractivity contribution >= 4 is 29.0 Å². The van der Waals surface area contributed by atoms with Gasteiger partial charge in [-0.25, -0.2) is 4.98 Å². The highest BCUT2D eigenvalue weighted by Gasteiger charge is 2.19. The van der Waals surface area contributed by atoms with Gasteiger partial charge in [0.2, 0.25) is 5.91 Å². The Morgan fingerprint density at radius 2 is 2.36 bits per heavy atom. The summed E-state index contributed by atoms with van der Waals surface area (Å²) in [5, 5.41) is 4.99. The van der Waals surface area contributed by atoms with Crippen LogP contribution in [0, 0.1) is 12.8 Å². The molecule has 2 aromatic rings. The van der Waals surface area contributed by atoms with Gasteiger partial charge in [-0.2, -0.15) is 0 Å². The second-order valence-electron chi connectivity index (χ2n) is 5.34. The third-order valence-corrected chi connectivity index (χ3v) is 5.61. The highest BCUT2D eigenvalue weighted by molar-refractivity contribution is 8.01. The molecule has 22 heavy (non-hydrogen) atoms. The Morgan fingerprint density at radius 1 is 1.50 bits per heavy atom. The van der Waals surface area contributed by atoms with Crippen molar-refractivity contribution in [3.63, 3.8) is 0 Å². The molecule has 4 nitrogen and oxygen atoms in total. The van der Waals surface area contributed by atoms with Gasteiger partial charge in [0.25, 0.3) is 0 Å². The molecule has 116 valence electrons. The Morgan fingerprint density at radius 3 is 3.18 bits per heavy atom. The molecular formula is C16H18N2O2S2. The second kappa shape index (κ2) is 7.15. The summed E-state index contributed by atoms with van der Waals surface area (Å²) < 4.78 is 6.68. The third-order valence-electron chi connectivity index (χ3n) is 3.47. The maximum atomic E-state index is 11.9. The molecule has 0 saturated heterocycles. The number of carbonyl (C=O) groups is 1. The predicted molar refractivity (Wildman–Crippen MR) is 89.7 cm³/mol. The van der Waals surface area contributed by atoms with Gasteiger partial charge in [0.1, 0.15) is 5.75 Å². The van der Waals surface area contributed by atoms with Gasteiger partial charge in [-0.05, 0) is 25.0 Å². The number of rotatable bonds is 5. The topological polar surface area (TPSA) is 51.2 Å². The number of nitrogens with one attached hydrogen (secondary N) is 1. The molecule has 2 heterocycles. The summed E-state index contributed by atoms with van der Waals surface area (Å²) in [7, 11) is 0. The number of thiazole rings is 1. The van der Waals surface area contributed by atoms with Crippen LogP contribution in [0.2, 0.25) is 0 Å². The van der Waals surface area contributed by atoms with Crippen LogP contribution in [0.15, 0.2) is 34.0 Å². The fraction of sp³-hybridized carbons (Fsp3) is 0.375. The number of nitrogens with zero attached hydrogens (tertiary/aromatic N) is 1. The maximum Gasteiger partial charge on any atom is 0.230 e. The summed E-state index contributed by atoms with van der Waals surface area (Å²) in [6.07, 6.45) is 0.954. The molecule has 1 N–H and O–H groups in total. The van der Waals surface area contributed by atoms with Crippen molar-refractivity contribution in [2.75, 3.05) is 18.9 Å². The Bertz CT molecular complexity index is 657. The zero-order valence-electron chi connectivity index (χ0n) is 12.4. The number of hydrogen-bond donors (Lipinski definition) is 1.